The lowest BCUT2D eigenvalue weighted by Crippen LogP contribution is -2.32. The van der Waals surface area contributed by atoms with Crippen LogP contribution in [0.3, 0.4) is 0 Å². The van der Waals surface area contributed by atoms with Crippen LogP contribution in [0.15, 0.2) is 162 Å². The lowest BCUT2D eigenvalue weighted by atomic mass is 9.94. The molecule has 7 aromatic rings. The van der Waals surface area contributed by atoms with E-state index < -0.39 is 0 Å². The number of benzene rings is 5. The van der Waals surface area contributed by atoms with Crippen molar-refractivity contribution in [2.75, 3.05) is 0 Å². The van der Waals surface area contributed by atoms with Crippen LogP contribution in [0.2, 0.25) is 0 Å². The van der Waals surface area contributed by atoms with E-state index in [1.54, 1.807) is 0 Å². The SMILES string of the molecule is C1=CCC(C2=CC(c3ccccc3)=NC(n3c4ccccc4c4cc5c6ccccc6n(-c6ccccc6)c5cc43)N2)C=C1. The number of hydrogen-bond acceptors (Lipinski definition) is 2. The molecule has 2 atom stereocenters. The summed E-state index contributed by atoms with van der Waals surface area (Å²) in [4.78, 5) is 5.39. The quantitative estimate of drug-likeness (QED) is 0.226. The first-order valence-electron chi connectivity index (χ1n) is 15.3. The van der Waals surface area contributed by atoms with Crippen molar-refractivity contribution in [3.8, 4) is 5.69 Å². The maximum Gasteiger partial charge on any atom is 0.201 e. The van der Waals surface area contributed by atoms with Gasteiger partial charge in [0.1, 0.15) is 0 Å². The molecule has 0 saturated heterocycles. The Balaban J connectivity index is 1.33. The van der Waals surface area contributed by atoms with E-state index in [1.807, 2.05) is 0 Å². The number of para-hydroxylation sites is 3. The highest BCUT2D eigenvalue weighted by Crippen LogP contribution is 2.40. The molecule has 2 aromatic heterocycles. The highest BCUT2D eigenvalue weighted by Gasteiger charge is 2.26. The molecule has 1 aliphatic carbocycles. The first kappa shape index (κ1) is 24.9. The summed E-state index contributed by atoms with van der Waals surface area (Å²) in [6, 6.07) is 43.5. The van der Waals surface area contributed by atoms with Gasteiger partial charge in [0.05, 0.1) is 27.8 Å². The monoisotopic (exact) mass is 566 g/mol. The van der Waals surface area contributed by atoms with Crippen molar-refractivity contribution in [2.24, 2.45) is 10.9 Å². The van der Waals surface area contributed by atoms with Crippen molar-refractivity contribution in [2.45, 2.75) is 12.7 Å². The Morgan fingerprint density at radius 2 is 1.30 bits per heavy atom. The third-order valence-electron chi connectivity index (χ3n) is 9.06. The molecule has 1 N–H and O–H groups in total. The second-order valence-electron chi connectivity index (χ2n) is 11.6. The summed E-state index contributed by atoms with van der Waals surface area (Å²) in [6.07, 6.45) is 11.7. The van der Waals surface area contributed by atoms with Gasteiger partial charge in [0, 0.05) is 38.8 Å². The van der Waals surface area contributed by atoms with Crippen LogP contribution >= 0.6 is 0 Å². The Hall–Kier alpha value is -5.61. The molecule has 1 aliphatic heterocycles. The number of aromatic nitrogens is 2. The van der Waals surface area contributed by atoms with Gasteiger partial charge < -0.3 is 14.5 Å². The third kappa shape index (κ3) is 3.88. The third-order valence-corrected chi connectivity index (χ3v) is 9.06. The summed E-state index contributed by atoms with van der Waals surface area (Å²) >= 11 is 0. The molecule has 0 spiro atoms. The number of nitrogens with one attached hydrogen (secondary N) is 1. The van der Waals surface area contributed by atoms with Gasteiger partial charge in [-0.1, -0.05) is 109 Å². The average Bonchev–Trinajstić information content (AvgIpc) is 3.60. The van der Waals surface area contributed by atoms with Crippen LogP contribution in [-0.4, -0.2) is 14.8 Å². The molecule has 0 saturated carbocycles. The van der Waals surface area contributed by atoms with E-state index in [0.29, 0.717) is 0 Å². The van der Waals surface area contributed by atoms with Crippen LogP contribution in [0.5, 0.6) is 0 Å². The number of nitrogens with zero attached hydrogens (tertiary/aromatic N) is 3. The molecular formula is C40H30N4. The molecule has 4 heteroatoms. The molecule has 2 unspecified atom stereocenters. The minimum Gasteiger partial charge on any atom is -0.349 e. The zero-order chi connectivity index (χ0) is 29.0. The molecule has 5 aromatic carbocycles. The topological polar surface area (TPSA) is 34.2 Å². The molecule has 0 fully saturated rings. The van der Waals surface area contributed by atoms with Crippen LogP contribution in [0.4, 0.5) is 0 Å². The number of fused-ring (bicyclic) bond motifs is 6. The summed E-state index contributed by atoms with van der Waals surface area (Å²) in [7, 11) is 0. The number of allylic oxidation sites excluding steroid dienone is 5. The number of rotatable bonds is 4. The molecule has 9 rings (SSSR count). The lowest BCUT2D eigenvalue weighted by molar-refractivity contribution is 0.454. The van der Waals surface area contributed by atoms with Crippen molar-refractivity contribution in [1.82, 2.24) is 14.5 Å². The van der Waals surface area contributed by atoms with E-state index >= 15 is 0 Å². The maximum atomic E-state index is 5.39. The van der Waals surface area contributed by atoms with Crippen molar-refractivity contribution >= 4 is 49.3 Å². The van der Waals surface area contributed by atoms with Gasteiger partial charge in [0.25, 0.3) is 0 Å². The molecule has 0 bridgehead atoms. The number of hydrogen-bond donors (Lipinski definition) is 1. The summed E-state index contributed by atoms with van der Waals surface area (Å²) in [5, 5.41) is 8.85. The molecule has 44 heavy (non-hydrogen) atoms. The zero-order valence-electron chi connectivity index (χ0n) is 24.1. The van der Waals surface area contributed by atoms with Gasteiger partial charge in [-0.15, -0.1) is 0 Å². The smallest absolute Gasteiger partial charge is 0.201 e. The fourth-order valence-electron chi connectivity index (χ4n) is 7.03. The van der Waals surface area contributed by atoms with Crippen molar-refractivity contribution < 1.29 is 0 Å². The summed E-state index contributed by atoms with van der Waals surface area (Å²) < 4.78 is 4.79. The number of aliphatic imine (C=N–C) groups is 1. The Bertz CT molecular complexity index is 2330. The van der Waals surface area contributed by atoms with E-state index in [-0.39, 0.29) is 12.2 Å². The fourth-order valence-corrected chi connectivity index (χ4v) is 7.03. The first-order chi connectivity index (χ1) is 21.8. The average molecular weight is 567 g/mol. The van der Waals surface area contributed by atoms with Crippen LogP contribution in [0.1, 0.15) is 18.3 Å². The van der Waals surface area contributed by atoms with Crippen LogP contribution in [0.25, 0.3) is 49.3 Å². The second-order valence-corrected chi connectivity index (χ2v) is 11.6. The van der Waals surface area contributed by atoms with Gasteiger partial charge >= 0.3 is 0 Å². The van der Waals surface area contributed by atoms with Crippen molar-refractivity contribution in [1.29, 1.82) is 0 Å². The van der Waals surface area contributed by atoms with Gasteiger partial charge in [-0.05, 0) is 54.5 Å². The highest BCUT2D eigenvalue weighted by molar-refractivity contribution is 6.19. The highest BCUT2D eigenvalue weighted by atomic mass is 15.3. The summed E-state index contributed by atoms with van der Waals surface area (Å²) in [5.74, 6) is 0.275. The molecule has 0 amide bonds. The Labute approximate surface area is 255 Å². The molecule has 210 valence electrons. The summed E-state index contributed by atoms with van der Waals surface area (Å²) in [5.41, 5.74) is 9.19. The minimum atomic E-state index is -0.307. The van der Waals surface area contributed by atoms with Gasteiger partial charge in [0.2, 0.25) is 6.29 Å². The Kier molecular flexibility index (Phi) is 5.66. The molecular weight excluding hydrogens is 536 g/mol. The van der Waals surface area contributed by atoms with Crippen molar-refractivity contribution in [3.05, 3.63) is 163 Å². The van der Waals surface area contributed by atoms with Crippen LogP contribution < -0.4 is 5.32 Å². The van der Waals surface area contributed by atoms with Gasteiger partial charge in [-0.2, -0.15) is 0 Å². The fraction of sp³-hybridized carbons (Fsp3) is 0.0750. The van der Waals surface area contributed by atoms with E-state index in [4.69, 9.17) is 4.99 Å². The van der Waals surface area contributed by atoms with Crippen LogP contribution in [0, 0.1) is 5.92 Å². The molecule has 2 aliphatic rings. The molecule has 3 heterocycles. The Morgan fingerprint density at radius 3 is 2.07 bits per heavy atom. The molecule has 4 nitrogen and oxygen atoms in total. The van der Waals surface area contributed by atoms with Crippen molar-refractivity contribution in [3.63, 3.8) is 0 Å². The van der Waals surface area contributed by atoms with E-state index in [0.717, 1.165) is 28.9 Å². The van der Waals surface area contributed by atoms with E-state index in [9.17, 15) is 0 Å². The lowest BCUT2D eigenvalue weighted by Gasteiger charge is -2.30. The van der Waals surface area contributed by atoms with Gasteiger partial charge in [0.15, 0.2) is 0 Å². The maximum absolute atomic E-state index is 5.39. The van der Waals surface area contributed by atoms with Gasteiger partial charge in [-0.3, -0.25) is 0 Å². The predicted octanol–water partition coefficient (Wildman–Crippen LogP) is 9.46. The van der Waals surface area contributed by atoms with E-state index in [2.05, 4.69) is 166 Å². The minimum absolute atomic E-state index is 0.275. The predicted molar refractivity (Wildman–Crippen MR) is 183 cm³/mol. The second kappa shape index (κ2) is 9.99. The van der Waals surface area contributed by atoms with Gasteiger partial charge in [-0.25, -0.2) is 4.99 Å². The largest absolute Gasteiger partial charge is 0.349 e. The summed E-state index contributed by atoms with van der Waals surface area (Å²) in [6.45, 7) is 0. The zero-order valence-corrected chi connectivity index (χ0v) is 24.1. The first-order valence-corrected chi connectivity index (χ1v) is 15.3. The van der Waals surface area contributed by atoms with E-state index in [1.165, 1.54) is 43.8 Å². The standard InChI is InChI=1S/C40H30N4/c1-4-14-27(15-5-1)34-25-35(28-16-6-2-7-17-28)42-40(41-34)44-37-23-13-11-21-31(37)33-24-32-30-20-10-12-22-36(30)43(38(32)26-39(33)44)29-18-8-3-9-19-29/h1-16,18-26,28,40,42H,17H2. The molecule has 0 radical (unpaired) electrons. The van der Waals surface area contributed by atoms with Crippen LogP contribution in [-0.2, 0) is 0 Å². The Morgan fingerprint density at radius 1 is 0.614 bits per heavy atom. The normalized spacial score (nSPS) is 18.2.